The molecule has 0 spiro atoms. The van der Waals surface area contributed by atoms with Gasteiger partial charge in [-0.05, 0) is 18.3 Å². The minimum Gasteiger partial charge on any atom is -0.332 e. The zero-order chi connectivity index (χ0) is 13.9. The molecule has 19 heavy (non-hydrogen) atoms. The van der Waals surface area contributed by atoms with Crippen LogP contribution >= 0.6 is 0 Å². The van der Waals surface area contributed by atoms with E-state index < -0.39 is 10.0 Å². The first-order chi connectivity index (χ1) is 8.95. The average molecular weight is 285 g/mol. The van der Waals surface area contributed by atoms with Gasteiger partial charge >= 0.3 is 0 Å². The van der Waals surface area contributed by atoms with E-state index in [1.807, 2.05) is 6.92 Å². The van der Waals surface area contributed by atoms with Crippen LogP contribution in [0, 0.1) is 5.41 Å². The smallest absolute Gasteiger partial charge is 0.257 e. The first-order valence-electron chi connectivity index (χ1n) is 6.99. The normalized spacial score (nSPS) is 19.5. The van der Waals surface area contributed by atoms with Crippen LogP contribution < -0.4 is 4.72 Å². The van der Waals surface area contributed by atoms with Crippen LogP contribution in [-0.4, -0.2) is 24.9 Å². The van der Waals surface area contributed by atoms with E-state index in [2.05, 4.69) is 21.6 Å². The van der Waals surface area contributed by atoms with Crippen molar-refractivity contribution in [3.8, 4) is 0 Å². The van der Waals surface area contributed by atoms with Crippen molar-refractivity contribution in [3.05, 3.63) is 12.0 Å². The average Bonchev–Trinajstić information content (AvgIpc) is 2.87. The maximum absolute atomic E-state index is 12.2. The van der Waals surface area contributed by atoms with Crippen LogP contribution in [0.15, 0.2) is 11.2 Å². The molecule has 1 fully saturated rings. The Bertz CT molecular complexity index is 516. The van der Waals surface area contributed by atoms with Gasteiger partial charge in [-0.3, -0.25) is 0 Å². The Hall–Kier alpha value is -0.880. The predicted molar refractivity (Wildman–Crippen MR) is 74.3 cm³/mol. The SMILES string of the molecule is CCc1ncc(S(=O)(=O)NCC2(C)CCCCC2)[nH]1. The summed E-state index contributed by atoms with van der Waals surface area (Å²) in [6.45, 7) is 4.61. The quantitative estimate of drug-likeness (QED) is 0.871. The van der Waals surface area contributed by atoms with Crippen LogP contribution in [0.5, 0.6) is 0 Å². The van der Waals surface area contributed by atoms with Crippen LogP contribution in [0.1, 0.15) is 51.8 Å². The molecule has 0 unspecified atom stereocenters. The van der Waals surface area contributed by atoms with Gasteiger partial charge in [0.25, 0.3) is 10.0 Å². The Kier molecular flexibility index (Phi) is 4.30. The number of sulfonamides is 1. The summed E-state index contributed by atoms with van der Waals surface area (Å²) in [6, 6.07) is 0. The molecule has 2 N–H and O–H groups in total. The molecule has 1 heterocycles. The van der Waals surface area contributed by atoms with Crippen molar-refractivity contribution >= 4 is 10.0 Å². The molecule has 108 valence electrons. The lowest BCUT2D eigenvalue weighted by molar-refractivity contribution is 0.219. The predicted octanol–water partition coefficient (Wildman–Crippen LogP) is 2.22. The third-order valence-corrected chi connectivity index (χ3v) is 5.29. The van der Waals surface area contributed by atoms with Crippen LogP contribution in [0.25, 0.3) is 0 Å². The molecule has 1 aliphatic carbocycles. The summed E-state index contributed by atoms with van der Waals surface area (Å²) in [5.41, 5.74) is 0.0962. The molecule has 0 aromatic carbocycles. The number of H-pyrrole nitrogens is 1. The lowest BCUT2D eigenvalue weighted by atomic mass is 9.76. The Balaban J connectivity index is 2.01. The fourth-order valence-electron chi connectivity index (χ4n) is 2.59. The van der Waals surface area contributed by atoms with Crippen LogP contribution in [0.2, 0.25) is 0 Å². The van der Waals surface area contributed by atoms with Gasteiger partial charge in [-0.2, -0.15) is 0 Å². The Morgan fingerprint density at radius 1 is 1.37 bits per heavy atom. The summed E-state index contributed by atoms with van der Waals surface area (Å²) >= 11 is 0. The molecule has 6 heteroatoms. The molecule has 5 nitrogen and oxygen atoms in total. The van der Waals surface area contributed by atoms with Crippen molar-refractivity contribution < 1.29 is 8.42 Å². The van der Waals surface area contributed by atoms with Gasteiger partial charge in [0, 0.05) is 13.0 Å². The highest BCUT2D eigenvalue weighted by molar-refractivity contribution is 7.89. The number of aryl methyl sites for hydroxylation is 1. The summed E-state index contributed by atoms with van der Waals surface area (Å²) in [5, 5.41) is 0.170. The third kappa shape index (κ3) is 3.57. The van der Waals surface area contributed by atoms with E-state index in [9.17, 15) is 8.42 Å². The third-order valence-electron chi connectivity index (χ3n) is 3.98. The van der Waals surface area contributed by atoms with E-state index >= 15 is 0 Å². The summed E-state index contributed by atoms with van der Waals surface area (Å²) in [4.78, 5) is 6.88. The number of aromatic nitrogens is 2. The molecule has 0 saturated heterocycles. The summed E-state index contributed by atoms with van der Waals surface area (Å²) in [6.07, 6.45) is 7.95. The second-order valence-electron chi connectivity index (χ2n) is 5.74. The number of hydrogen-bond donors (Lipinski definition) is 2. The van der Waals surface area contributed by atoms with Gasteiger partial charge in [0.2, 0.25) is 0 Å². The van der Waals surface area contributed by atoms with Crippen LogP contribution in [0.3, 0.4) is 0 Å². The Morgan fingerprint density at radius 3 is 2.63 bits per heavy atom. The highest BCUT2D eigenvalue weighted by Crippen LogP contribution is 2.35. The number of nitrogens with zero attached hydrogens (tertiary/aromatic N) is 1. The van der Waals surface area contributed by atoms with Gasteiger partial charge in [0.1, 0.15) is 5.82 Å². The maximum Gasteiger partial charge on any atom is 0.257 e. The zero-order valence-corrected chi connectivity index (χ0v) is 12.5. The number of nitrogens with one attached hydrogen (secondary N) is 2. The van der Waals surface area contributed by atoms with Crippen LogP contribution in [0.4, 0.5) is 0 Å². The first kappa shape index (κ1) is 14.5. The molecular formula is C13H23N3O2S. The molecule has 2 rings (SSSR count). The van der Waals surface area contributed by atoms with E-state index in [0.717, 1.165) is 12.8 Å². The van der Waals surface area contributed by atoms with Crippen molar-refractivity contribution in [3.63, 3.8) is 0 Å². The van der Waals surface area contributed by atoms with E-state index in [1.165, 1.54) is 25.5 Å². The van der Waals surface area contributed by atoms with Gasteiger partial charge in [0.05, 0.1) is 6.20 Å². The van der Waals surface area contributed by atoms with Crippen molar-refractivity contribution in [2.24, 2.45) is 5.41 Å². The Labute approximate surface area is 115 Å². The second-order valence-corrected chi connectivity index (χ2v) is 7.48. The molecule has 0 radical (unpaired) electrons. The summed E-state index contributed by atoms with van der Waals surface area (Å²) < 4.78 is 27.1. The fourth-order valence-corrected chi connectivity index (χ4v) is 3.73. The molecule has 0 atom stereocenters. The van der Waals surface area contributed by atoms with E-state index in [-0.39, 0.29) is 10.4 Å². The van der Waals surface area contributed by atoms with Gasteiger partial charge < -0.3 is 4.98 Å². The first-order valence-corrected chi connectivity index (χ1v) is 8.47. The molecule has 0 bridgehead atoms. The number of aromatic amines is 1. The minimum atomic E-state index is -3.46. The van der Waals surface area contributed by atoms with Crippen molar-refractivity contribution in [2.45, 2.75) is 57.4 Å². The lowest BCUT2D eigenvalue weighted by Gasteiger charge is -2.33. The topological polar surface area (TPSA) is 74.8 Å². The van der Waals surface area contributed by atoms with Crippen molar-refractivity contribution in [1.29, 1.82) is 0 Å². The molecule has 1 aliphatic rings. The second kappa shape index (κ2) is 5.63. The van der Waals surface area contributed by atoms with Gasteiger partial charge in [-0.25, -0.2) is 18.1 Å². The maximum atomic E-state index is 12.2. The highest BCUT2D eigenvalue weighted by atomic mass is 32.2. The monoisotopic (exact) mass is 285 g/mol. The van der Waals surface area contributed by atoms with Gasteiger partial charge in [-0.1, -0.05) is 33.1 Å². The van der Waals surface area contributed by atoms with Gasteiger partial charge in [0.15, 0.2) is 5.03 Å². The van der Waals surface area contributed by atoms with Crippen molar-refractivity contribution in [2.75, 3.05) is 6.54 Å². The lowest BCUT2D eigenvalue weighted by Crippen LogP contribution is -2.37. The number of imidazole rings is 1. The van der Waals surface area contributed by atoms with Crippen molar-refractivity contribution in [1.82, 2.24) is 14.7 Å². The van der Waals surface area contributed by atoms with E-state index in [0.29, 0.717) is 18.8 Å². The molecule has 1 aromatic rings. The summed E-state index contributed by atoms with van der Waals surface area (Å²) in [7, 11) is -3.46. The molecule has 0 aliphatic heterocycles. The van der Waals surface area contributed by atoms with Crippen LogP contribution in [-0.2, 0) is 16.4 Å². The minimum absolute atomic E-state index is 0.0962. The molecule has 1 aromatic heterocycles. The molecular weight excluding hydrogens is 262 g/mol. The number of rotatable bonds is 5. The van der Waals surface area contributed by atoms with E-state index in [1.54, 1.807) is 0 Å². The fraction of sp³-hybridized carbons (Fsp3) is 0.769. The standard InChI is InChI=1S/C13H23N3O2S/c1-3-11-14-9-12(16-11)19(17,18)15-10-13(2)7-5-4-6-8-13/h9,15H,3-8,10H2,1-2H3,(H,14,16). The number of hydrogen-bond acceptors (Lipinski definition) is 3. The Morgan fingerprint density at radius 2 is 2.05 bits per heavy atom. The van der Waals surface area contributed by atoms with Gasteiger partial charge in [-0.15, -0.1) is 0 Å². The molecule has 0 amide bonds. The molecule has 1 saturated carbocycles. The highest BCUT2D eigenvalue weighted by Gasteiger charge is 2.29. The van der Waals surface area contributed by atoms with E-state index in [4.69, 9.17) is 0 Å². The zero-order valence-electron chi connectivity index (χ0n) is 11.7. The largest absolute Gasteiger partial charge is 0.332 e. The summed E-state index contributed by atoms with van der Waals surface area (Å²) in [5.74, 6) is 0.698.